The van der Waals surface area contributed by atoms with Crippen LogP contribution in [0, 0.1) is 10.1 Å². The maximum absolute atomic E-state index is 13.4. The van der Waals surface area contributed by atoms with Gasteiger partial charge in [0.1, 0.15) is 17.5 Å². The van der Waals surface area contributed by atoms with Gasteiger partial charge < -0.3 is 14.8 Å². The van der Waals surface area contributed by atoms with Gasteiger partial charge in [-0.05, 0) is 17.7 Å². The zero-order chi connectivity index (χ0) is 30.0. The molecule has 0 unspecified atom stereocenters. The molecule has 0 saturated heterocycles. The Bertz CT molecular complexity index is 1550. The lowest BCUT2D eigenvalue weighted by atomic mass is 10.0. The van der Waals surface area contributed by atoms with Crippen molar-refractivity contribution in [1.29, 1.82) is 0 Å². The van der Waals surface area contributed by atoms with Crippen molar-refractivity contribution in [3.8, 4) is 5.75 Å². The Balaban J connectivity index is 1.60. The van der Waals surface area contributed by atoms with Crippen molar-refractivity contribution in [1.82, 2.24) is 4.90 Å². The van der Waals surface area contributed by atoms with Crippen LogP contribution >= 0.6 is 46.4 Å². The van der Waals surface area contributed by atoms with Crippen LogP contribution in [0.5, 0.6) is 5.75 Å². The van der Waals surface area contributed by atoms with Crippen molar-refractivity contribution in [2.45, 2.75) is 12.5 Å². The summed E-state index contributed by atoms with van der Waals surface area (Å²) >= 11 is 24.6. The first-order valence-electron chi connectivity index (χ1n) is 11.5. The highest BCUT2D eigenvalue weighted by Crippen LogP contribution is 2.45. The number of nitro groups is 1. The number of nitrogens with one attached hydrogen (secondary N) is 1. The van der Waals surface area contributed by atoms with Crippen LogP contribution in [-0.4, -0.2) is 53.3 Å². The molecular formula is C26H17Cl4N3O8. The summed E-state index contributed by atoms with van der Waals surface area (Å²) in [6, 6.07) is 10.6. The number of anilines is 1. The third-order valence-corrected chi connectivity index (χ3v) is 7.81. The molecule has 1 atom stereocenters. The number of ether oxygens (including phenoxy) is 2. The summed E-state index contributed by atoms with van der Waals surface area (Å²) in [6.45, 7) is -0.893. The molecule has 4 rings (SSSR count). The molecule has 0 aromatic heterocycles. The van der Waals surface area contributed by atoms with Crippen LogP contribution in [0.3, 0.4) is 0 Å². The summed E-state index contributed by atoms with van der Waals surface area (Å²) < 4.78 is 10.1. The Kier molecular flexibility index (Phi) is 9.03. The van der Waals surface area contributed by atoms with Crippen molar-refractivity contribution in [2.24, 2.45) is 0 Å². The number of hydrogen-bond donors (Lipinski definition) is 1. The quantitative estimate of drug-likeness (QED) is 0.0794. The van der Waals surface area contributed by atoms with Crippen molar-refractivity contribution < 1.29 is 33.6 Å². The lowest BCUT2D eigenvalue weighted by Gasteiger charge is -2.24. The number of carbonyl (C=O) groups is 4. The van der Waals surface area contributed by atoms with Crippen LogP contribution in [0.15, 0.2) is 48.5 Å². The fraction of sp³-hybridized carbons (Fsp3) is 0.154. The van der Waals surface area contributed by atoms with E-state index in [-0.39, 0.29) is 49.1 Å². The first-order valence-corrected chi connectivity index (χ1v) is 13.0. The molecule has 0 bridgehead atoms. The van der Waals surface area contributed by atoms with Gasteiger partial charge in [-0.25, -0.2) is 4.79 Å². The molecule has 0 spiro atoms. The minimum absolute atomic E-state index is 0.170. The summed E-state index contributed by atoms with van der Waals surface area (Å²) in [5.74, 6) is -3.78. The highest BCUT2D eigenvalue weighted by molar-refractivity contribution is 6.55. The number of methoxy groups -OCH3 is 1. The molecule has 3 aromatic rings. The van der Waals surface area contributed by atoms with Crippen LogP contribution in [0.4, 0.5) is 11.4 Å². The van der Waals surface area contributed by atoms with Crippen molar-refractivity contribution >= 4 is 81.5 Å². The number of esters is 1. The smallest absolute Gasteiger partial charge is 0.330 e. The molecule has 3 amide bonds. The van der Waals surface area contributed by atoms with Gasteiger partial charge >= 0.3 is 5.97 Å². The van der Waals surface area contributed by atoms with Gasteiger partial charge in [0.25, 0.3) is 23.4 Å². The van der Waals surface area contributed by atoms with Gasteiger partial charge in [-0.15, -0.1) is 0 Å². The molecular weight excluding hydrogens is 624 g/mol. The van der Waals surface area contributed by atoms with Crippen LogP contribution in [-0.2, 0) is 20.7 Å². The van der Waals surface area contributed by atoms with E-state index in [1.54, 1.807) is 30.3 Å². The fourth-order valence-electron chi connectivity index (χ4n) is 4.08. The summed E-state index contributed by atoms with van der Waals surface area (Å²) in [6.07, 6.45) is -0.187. The SMILES string of the molecule is COc1ccc(NC(=O)COC(=O)[C@H](Cc2ccccc2)N2C(=O)c3c(Cl)c(Cl)c(Cl)c(Cl)c3C2=O)c([N+](=O)[O-])c1. The average molecular weight is 641 g/mol. The predicted molar refractivity (Wildman–Crippen MR) is 150 cm³/mol. The molecule has 41 heavy (non-hydrogen) atoms. The number of nitrogens with zero attached hydrogens (tertiary/aromatic N) is 2. The van der Waals surface area contributed by atoms with Gasteiger partial charge in [0.15, 0.2) is 6.61 Å². The van der Waals surface area contributed by atoms with Gasteiger partial charge in [-0.3, -0.25) is 29.4 Å². The number of imide groups is 1. The molecule has 3 aromatic carbocycles. The fourth-order valence-corrected chi connectivity index (χ4v) is 5.10. The number of benzene rings is 3. The van der Waals surface area contributed by atoms with Gasteiger partial charge in [0, 0.05) is 6.42 Å². The first-order chi connectivity index (χ1) is 19.5. The van der Waals surface area contributed by atoms with Gasteiger partial charge in [0.05, 0.1) is 49.3 Å². The molecule has 0 aliphatic carbocycles. The van der Waals surface area contributed by atoms with Crippen LogP contribution in [0.1, 0.15) is 26.3 Å². The minimum Gasteiger partial charge on any atom is -0.496 e. The van der Waals surface area contributed by atoms with Crippen LogP contribution in [0.2, 0.25) is 20.1 Å². The average Bonchev–Trinajstić information content (AvgIpc) is 3.22. The molecule has 11 nitrogen and oxygen atoms in total. The summed E-state index contributed by atoms with van der Waals surface area (Å²) in [4.78, 5) is 64.0. The second-order valence-corrected chi connectivity index (χ2v) is 10.00. The number of nitro benzene ring substituents is 1. The van der Waals surface area contributed by atoms with Crippen molar-refractivity contribution in [2.75, 3.05) is 19.0 Å². The Labute approximate surface area is 252 Å². The normalized spacial score (nSPS) is 13.0. The van der Waals surface area contributed by atoms with E-state index in [1.807, 2.05) is 0 Å². The third kappa shape index (κ3) is 5.94. The maximum atomic E-state index is 13.4. The zero-order valence-electron chi connectivity index (χ0n) is 20.8. The second-order valence-electron chi connectivity index (χ2n) is 8.49. The first kappa shape index (κ1) is 30.1. The number of hydrogen-bond acceptors (Lipinski definition) is 8. The molecule has 0 fully saturated rings. The molecule has 1 heterocycles. The largest absolute Gasteiger partial charge is 0.496 e. The Hall–Kier alpha value is -3.90. The number of amides is 3. The molecule has 0 radical (unpaired) electrons. The minimum atomic E-state index is -1.56. The molecule has 1 N–H and O–H groups in total. The van der Waals surface area contributed by atoms with E-state index in [9.17, 15) is 29.3 Å². The molecule has 1 aliphatic heterocycles. The summed E-state index contributed by atoms with van der Waals surface area (Å²) in [5.41, 5.74) is -0.727. The van der Waals surface area contributed by atoms with E-state index in [1.165, 1.54) is 19.2 Å². The van der Waals surface area contributed by atoms with E-state index in [4.69, 9.17) is 55.9 Å². The van der Waals surface area contributed by atoms with E-state index in [2.05, 4.69) is 5.32 Å². The van der Waals surface area contributed by atoms with Crippen molar-refractivity contribution in [3.63, 3.8) is 0 Å². The van der Waals surface area contributed by atoms with Crippen LogP contribution < -0.4 is 10.1 Å². The van der Waals surface area contributed by atoms with E-state index < -0.39 is 47.0 Å². The topological polar surface area (TPSA) is 145 Å². The molecule has 15 heteroatoms. The molecule has 212 valence electrons. The Morgan fingerprint density at radius 2 is 1.54 bits per heavy atom. The predicted octanol–water partition coefficient (Wildman–Crippen LogP) is 5.61. The summed E-state index contributed by atoms with van der Waals surface area (Å²) in [5, 5.41) is 12.6. The molecule has 1 aliphatic rings. The highest BCUT2D eigenvalue weighted by Gasteiger charge is 2.47. The van der Waals surface area contributed by atoms with Gasteiger partial charge in [0.2, 0.25) is 0 Å². The van der Waals surface area contributed by atoms with Crippen LogP contribution in [0.25, 0.3) is 0 Å². The Morgan fingerprint density at radius 1 is 0.951 bits per heavy atom. The second kappa shape index (κ2) is 12.3. The monoisotopic (exact) mass is 639 g/mol. The van der Waals surface area contributed by atoms with E-state index in [0.29, 0.717) is 10.5 Å². The Morgan fingerprint density at radius 3 is 2.07 bits per heavy atom. The zero-order valence-corrected chi connectivity index (χ0v) is 23.8. The number of carbonyl (C=O) groups excluding carboxylic acids is 4. The van der Waals surface area contributed by atoms with E-state index >= 15 is 0 Å². The highest BCUT2D eigenvalue weighted by atomic mass is 35.5. The van der Waals surface area contributed by atoms with Crippen molar-refractivity contribution in [3.05, 3.63) is 95.4 Å². The standard InChI is InChI=1S/C26H17Cl4N3O8/c1-40-13-7-8-14(15(10-13)33(38)39)31-17(34)11-41-26(37)16(9-12-5-3-2-4-6-12)32-24(35)18-19(25(32)36)21(28)23(30)22(29)20(18)27/h2-8,10,16H,9,11H2,1H3,(H,31,34)/t16-/m0/s1. The summed E-state index contributed by atoms with van der Waals surface area (Å²) in [7, 11) is 1.32. The number of fused-ring (bicyclic) bond motifs is 1. The lowest BCUT2D eigenvalue weighted by Crippen LogP contribution is -2.47. The van der Waals surface area contributed by atoms with Gasteiger partial charge in [-0.1, -0.05) is 76.7 Å². The molecule has 0 saturated carbocycles. The third-order valence-electron chi connectivity index (χ3n) is 6.01. The maximum Gasteiger partial charge on any atom is 0.330 e. The number of rotatable bonds is 9. The number of halogens is 4. The lowest BCUT2D eigenvalue weighted by molar-refractivity contribution is -0.384. The van der Waals surface area contributed by atoms with Gasteiger partial charge in [-0.2, -0.15) is 0 Å². The van der Waals surface area contributed by atoms with E-state index in [0.717, 1.165) is 6.07 Å².